The summed E-state index contributed by atoms with van der Waals surface area (Å²) < 4.78 is 36.4. The summed E-state index contributed by atoms with van der Waals surface area (Å²) in [6.45, 7) is 2.96. The van der Waals surface area contributed by atoms with Crippen molar-refractivity contribution in [1.29, 1.82) is 0 Å². The zero-order chi connectivity index (χ0) is 24.9. The normalized spacial score (nSPS) is 35.8. The largest absolute Gasteiger partial charge is 0.388 e. The Kier molecular flexibility index (Phi) is 8.15. The Balaban J connectivity index is 1.30. The molecule has 0 spiro atoms. The van der Waals surface area contributed by atoms with E-state index in [-0.39, 0.29) is 19.1 Å². The van der Waals surface area contributed by atoms with Crippen LogP contribution >= 0.6 is 0 Å². The summed E-state index contributed by atoms with van der Waals surface area (Å²) in [5.74, 6) is -0.287. The first-order chi connectivity index (χ1) is 17.6. The van der Waals surface area contributed by atoms with Gasteiger partial charge in [0, 0.05) is 10.8 Å². The number of hydrogen-bond donors (Lipinski definition) is 1. The van der Waals surface area contributed by atoms with Crippen LogP contribution < -0.4 is 0 Å². The first-order valence-corrected chi connectivity index (χ1v) is 12.2. The Labute approximate surface area is 209 Å². The molecule has 3 heterocycles. The number of hydrogen-bond acceptors (Lipinski definition) is 8. The summed E-state index contributed by atoms with van der Waals surface area (Å²) in [5, 5.41) is 14.5. The van der Waals surface area contributed by atoms with E-state index in [0.717, 1.165) is 11.1 Å². The second-order valence-electron chi connectivity index (χ2n) is 9.32. The number of aliphatic hydroxyl groups excluding tert-OH is 1. The molecule has 0 saturated carbocycles. The summed E-state index contributed by atoms with van der Waals surface area (Å²) in [6.07, 6.45) is -4.29. The van der Waals surface area contributed by atoms with Crippen molar-refractivity contribution < 1.29 is 33.5 Å². The van der Waals surface area contributed by atoms with Gasteiger partial charge in [-0.1, -0.05) is 72.7 Å². The van der Waals surface area contributed by atoms with Gasteiger partial charge in [0.25, 0.3) is 0 Å². The molecule has 0 aliphatic carbocycles. The van der Waals surface area contributed by atoms with E-state index in [9.17, 15) is 10.6 Å². The molecule has 0 amide bonds. The van der Waals surface area contributed by atoms with Crippen LogP contribution in [0, 0.1) is 5.92 Å². The Morgan fingerprint density at radius 3 is 2.19 bits per heavy atom. The van der Waals surface area contributed by atoms with Crippen LogP contribution in [0.25, 0.3) is 10.4 Å². The van der Waals surface area contributed by atoms with Crippen molar-refractivity contribution in [3.05, 3.63) is 82.2 Å². The summed E-state index contributed by atoms with van der Waals surface area (Å²) in [6, 6.07) is 18.8. The molecule has 10 nitrogen and oxygen atoms in total. The third-order valence-corrected chi connectivity index (χ3v) is 6.84. The van der Waals surface area contributed by atoms with E-state index >= 15 is 0 Å². The predicted molar refractivity (Wildman–Crippen MR) is 127 cm³/mol. The number of azide groups is 1. The lowest BCUT2D eigenvalue weighted by Crippen LogP contribution is -2.58. The summed E-state index contributed by atoms with van der Waals surface area (Å²) >= 11 is 0. The molecule has 0 radical (unpaired) electrons. The summed E-state index contributed by atoms with van der Waals surface area (Å²) in [4.78, 5) is 3.00. The second kappa shape index (κ2) is 11.7. The zero-order valence-corrected chi connectivity index (χ0v) is 20.0. The molecule has 3 fully saturated rings. The van der Waals surface area contributed by atoms with E-state index in [2.05, 4.69) is 10.0 Å². The number of fused-ring (bicyclic) bond motifs is 2. The van der Waals surface area contributed by atoms with Gasteiger partial charge in [-0.25, -0.2) is 0 Å². The number of nitrogens with zero attached hydrogens (tertiary/aromatic N) is 3. The number of benzene rings is 2. The van der Waals surface area contributed by atoms with E-state index < -0.39 is 49.1 Å². The smallest absolute Gasteiger partial charge is 0.169 e. The molecular weight excluding hydrogens is 466 g/mol. The van der Waals surface area contributed by atoms with E-state index in [1.165, 1.54) is 0 Å². The minimum Gasteiger partial charge on any atom is -0.388 e. The molecule has 3 unspecified atom stereocenters. The molecule has 3 aliphatic rings. The Morgan fingerprint density at radius 2 is 1.56 bits per heavy atom. The number of aliphatic hydroxyl groups is 1. The van der Waals surface area contributed by atoms with Crippen molar-refractivity contribution >= 4 is 0 Å². The van der Waals surface area contributed by atoms with Crippen molar-refractivity contribution in [2.45, 2.75) is 69.3 Å². The topological polar surface area (TPSA) is 124 Å². The molecule has 3 saturated heterocycles. The molecule has 2 bridgehead atoms. The van der Waals surface area contributed by atoms with Crippen LogP contribution in [0.2, 0.25) is 0 Å². The molecule has 1 N–H and O–H groups in total. The first kappa shape index (κ1) is 25.1. The summed E-state index contributed by atoms with van der Waals surface area (Å²) in [5.41, 5.74) is 11.2. The highest BCUT2D eigenvalue weighted by Gasteiger charge is 2.53. The third-order valence-electron chi connectivity index (χ3n) is 6.84. The van der Waals surface area contributed by atoms with Crippen molar-refractivity contribution in [2.75, 3.05) is 13.2 Å². The van der Waals surface area contributed by atoms with Crippen LogP contribution in [0.5, 0.6) is 0 Å². The van der Waals surface area contributed by atoms with Crippen LogP contribution in [-0.4, -0.2) is 67.5 Å². The lowest BCUT2D eigenvalue weighted by atomic mass is 9.95. The van der Waals surface area contributed by atoms with E-state index in [1.54, 1.807) is 0 Å². The van der Waals surface area contributed by atoms with Gasteiger partial charge in [0.15, 0.2) is 12.6 Å². The van der Waals surface area contributed by atoms with Crippen LogP contribution in [0.4, 0.5) is 0 Å². The van der Waals surface area contributed by atoms with Crippen molar-refractivity contribution in [1.82, 2.24) is 0 Å². The Bertz CT molecular complexity index is 1020. The molecular formula is C26H31N3O7. The Hall–Kier alpha value is -2.53. The van der Waals surface area contributed by atoms with Crippen molar-refractivity contribution in [3.63, 3.8) is 0 Å². The average Bonchev–Trinajstić information content (AvgIpc) is 3.34. The summed E-state index contributed by atoms with van der Waals surface area (Å²) in [7, 11) is 0. The van der Waals surface area contributed by atoms with E-state index in [1.807, 2.05) is 67.6 Å². The van der Waals surface area contributed by atoms with E-state index in [0.29, 0.717) is 13.2 Å². The molecule has 2 aromatic rings. The van der Waals surface area contributed by atoms with Crippen LogP contribution in [0.3, 0.4) is 0 Å². The first-order valence-electron chi connectivity index (χ1n) is 12.2. The fraction of sp³-hybridized carbons (Fsp3) is 0.538. The molecule has 36 heavy (non-hydrogen) atoms. The molecule has 3 aliphatic heterocycles. The fourth-order valence-corrected chi connectivity index (χ4v) is 4.95. The van der Waals surface area contributed by atoms with Gasteiger partial charge in [-0.05, 0) is 16.7 Å². The highest BCUT2D eigenvalue weighted by molar-refractivity contribution is 5.14. The van der Waals surface area contributed by atoms with Gasteiger partial charge in [0.05, 0.1) is 32.5 Å². The number of ether oxygens (including phenoxy) is 6. The van der Waals surface area contributed by atoms with Crippen molar-refractivity contribution in [2.24, 2.45) is 11.0 Å². The lowest BCUT2D eigenvalue weighted by Gasteiger charge is -2.44. The zero-order valence-electron chi connectivity index (χ0n) is 20.0. The van der Waals surface area contributed by atoms with Gasteiger partial charge in [-0.15, -0.1) is 0 Å². The molecule has 192 valence electrons. The maximum atomic E-state index is 10.6. The SMILES string of the molecule is CC1[C@H](O[C@H]2C(OCc3ccccc3)C(N=[N+]=[N-])[C@@H]3OC[C@@H]2O3)OC[C@H](O)[C@H]1OCc1ccccc1. The molecule has 5 rings (SSSR count). The molecule has 10 heteroatoms. The van der Waals surface area contributed by atoms with Gasteiger partial charge in [0.1, 0.15) is 30.5 Å². The second-order valence-corrected chi connectivity index (χ2v) is 9.32. The van der Waals surface area contributed by atoms with Gasteiger partial charge in [-0.2, -0.15) is 0 Å². The van der Waals surface area contributed by atoms with Crippen molar-refractivity contribution in [3.8, 4) is 0 Å². The van der Waals surface area contributed by atoms with Gasteiger partial charge >= 0.3 is 0 Å². The van der Waals surface area contributed by atoms with Gasteiger partial charge < -0.3 is 33.5 Å². The maximum absolute atomic E-state index is 10.6. The molecule has 0 aromatic heterocycles. The van der Waals surface area contributed by atoms with Crippen LogP contribution in [-0.2, 0) is 41.6 Å². The lowest BCUT2D eigenvalue weighted by molar-refractivity contribution is -0.304. The molecule has 2 aromatic carbocycles. The quantitative estimate of drug-likeness (QED) is 0.320. The maximum Gasteiger partial charge on any atom is 0.169 e. The highest BCUT2D eigenvalue weighted by atomic mass is 16.8. The highest BCUT2D eigenvalue weighted by Crippen LogP contribution is 2.37. The monoisotopic (exact) mass is 497 g/mol. The van der Waals surface area contributed by atoms with Crippen LogP contribution in [0.1, 0.15) is 18.1 Å². The van der Waals surface area contributed by atoms with Gasteiger partial charge in [-0.3, -0.25) is 0 Å². The van der Waals surface area contributed by atoms with Gasteiger partial charge in [0.2, 0.25) is 0 Å². The fourth-order valence-electron chi connectivity index (χ4n) is 4.95. The van der Waals surface area contributed by atoms with E-state index in [4.69, 9.17) is 28.4 Å². The third kappa shape index (κ3) is 5.56. The Morgan fingerprint density at radius 1 is 0.917 bits per heavy atom. The standard InChI is InChI=1S/C26H31N3O7/c1-16-22(31-12-17-8-4-2-5-9-17)19(30)14-33-25(16)36-23-20-15-34-26(35-20)21(28-29-27)24(23)32-13-18-10-6-3-7-11-18/h2-11,16,19-26,30H,12-15H2,1H3/t16?,19-,20-,21?,22-,23+,24?,25-,26+/m0/s1. The number of rotatable bonds is 9. The predicted octanol–water partition coefficient (Wildman–Crippen LogP) is 3.33. The minimum atomic E-state index is -0.786. The average molecular weight is 498 g/mol. The molecule has 9 atom stereocenters. The van der Waals surface area contributed by atoms with Crippen LogP contribution in [0.15, 0.2) is 65.8 Å². The minimum absolute atomic E-state index is 0.0706.